The van der Waals surface area contributed by atoms with E-state index in [0.717, 1.165) is 0 Å². The van der Waals surface area contributed by atoms with Crippen LogP contribution in [0.2, 0.25) is 10.0 Å². The number of carboxylic acids is 1. The minimum atomic E-state index is -4.86. The van der Waals surface area contributed by atoms with Crippen LogP contribution >= 0.6 is 23.2 Å². The number of rotatable bonds is 7. The van der Waals surface area contributed by atoms with Crippen molar-refractivity contribution in [1.82, 2.24) is 0 Å². The van der Waals surface area contributed by atoms with Gasteiger partial charge in [0.05, 0.1) is 21.3 Å². The number of aromatic carboxylic acids is 1. The van der Waals surface area contributed by atoms with Crippen molar-refractivity contribution >= 4 is 57.9 Å². The Morgan fingerprint density at radius 3 is 2.11 bits per heavy atom. The monoisotopic (exact) mass is 521 g/mol. The predicted octanol–water partition coefficient (Wildman–Crippen LogP) is 6.98. The lowest BCUT2D eigenvalue weighted by Crippen LogP contribution is -2.20. The van der Waals surface area contributed by atoms with Crippen LogP contribution in [0, 0.1) is 5.41 Å². The fourth-order valence-electron chi connectivity index (χ4n) is 2.90. The molecular weight excluding hydrogens is 506 g/mol. The Labute approximate surface area is 207 Å². The first-order valence-electron chi connectivity index (χ1n) is 9.79. The van der Waals surface area contributed by atoms with Crippen molar-refractivity contribution < 1.29 is 27.9 Å². The molecule has 0 radical (unpaired) electrons. The third kappa shape index (κ3) is 6.62. The summed E-state index contributed by atoms with van der Waals surface area (Å²) in [6, 6.07) is 15.9. The summed E-state index contributed by atoms with van der Waals surface area (Å²) in [7, 11) is 0. The number of hydrogen-bond donors (Lipinski definition) is 4. The van der Waals surface area contributed by atoms with Gasteiger partial charge >= 0.3 is 12.1 Å². The Morgan fingerprint density at radius 2 is 1.51 bits per heavy atom. The minimum absolute atomic E-state index is 0.00890. The molecule has 4 N–H and O–H groups in total. The maximum atomic E-state index is 13.0. The molecule has 180 valence electrons. The van der Waals surface area contributed by atoms with Crippen molar-refractivity contribution in [3.05, 3.63) is 99.5 Å². The van der Waals surface area contributed by atoms with Crippen LogP contribution in [-0.2, 0) is 0 Å². The van der Waals surface area contributed by atoms with E-state index in [0.29, 0.717) is 11.8 Å². The number of amides is 1. The summed E-state index contributed by atoms with van der Waals surface area (Å²) in [4.78, 5) is 23.8. The molecule has 0 heterocycles. The lowest BCUT2D eigenvalue weighted by atomic mass is 10.1. The molecule has 0 aromatic heterocycles. The molecule has 0 aliphatic carbocycles. The summed E-state index contributed by atoms with van der Waals surface area (Å²) in [6.07, 6.45) is -4.24. The second-order valence-corrected chi connectivity index (χ2v) is 7.92. The molecule has 0 bridgehead atoms. The molecule has 0 saturated carbocycles. The number of hydrogen-bond acceptors (Lipinski definition) is 4. The molecule has 1 amide bonds. The molecule has 0 unspecified atom stereocenters. The quantitative estimate of drug-likeness (QED) is 0.252. The fraction of sp³-hybridized carbons (Fsp3) is 0.0417. The van der Waals surface area contributed by atoms with E-state index in [4.69, 9.17) is 33.7 Å². The lowest BCUT2D eigenvalue weighted by Gasteiger charge is -2.15. The molecule has 0 spiro atoms. The van der Waals surface area contributed by atoms with E-state index in [1.165, 1.54) is 42.5 Å². The Hall–Kier alpha value is -3.82. The highest BCUT2D eigenvalue weighted by atomic mass is 35.5. The first kappa shape index (κ1) is 25.8. The molecule has 3 rings (SSSR count). The van der Waals surface area contributed by atoms with Crippen molar-refractivity contribution in [1.29, 1.82) is 5.41 Å². The van der Waals surface area contributed by atoms with Crippen molar-refractivity contribution in [2.24, 2.45) is 0 Å². The Bertz CT molecular complexity index is 1320. The van der Waals surface area contributed by atoms with Crippen LogP contribution in [0.25, 0.3) is 5.70 Å². The molecule has 0 aliphatic rings. The SMILES string of the molecule is N=C(/C=C(\Nc1ccccc1Cl)c1ccc(C(=O)Nc2ccc(Cl)c(C(=O)O)c2)cc1)C(F)(F)F. The van der Waals surface area contributed by atoms with Gasteiger partial charge in [0.2, 0.25) is 0 Å². The zero-order valence-corrected chi connectivity index (χ0v) is 19.1. The van der Waals surface area contributed by atoms with Gasteiger partial charge in [0, 0.05) is 16.9 Å². The Kier molecular flexibility index (Phi) is 7.83. The molecule has 6 nitrogen and oxygen atoms in total. The van der Waals surface area contributed by atoms with E-state index in [1.54, 1.807) is 24.3 Å². The maximum Gasteiger partial charge on any atom is 0.432 e. The molecule has 0 aliphatic heterocycles. The summed E-state index contributed by atoms with van der Waals surface area (Å²) >= 11 is 11.9. The van der Waals surface area contributed by atoms with Crippen molar-refractivity contribution in [3.63, 3.8) is 0 Å². The highest BCUT2D eigenvalue weighted by Gasteiger charge is 2.33. The second-order valence-electron chi connectivity index (χ2n) is 7.11. The molecule has 0 saturated heterocycles. The summed E-state index contributed by atoms with van der Waals surface area (Å²) in [5.74, 6) is -1.84. The number of nitrogens with one attached hydrogen (secondary N) is 3. The van der Waals surface area contributed by atoms with Crippen LogP contribution < -0.4 is 10.6 Å². The average molecular weight is 522 g/mol. The van der Waals surface area contributed by atoms with Crippen molar-refractivity contribution in [2.45, 2.75) is 6.18 Å². The minimum Gasteiger partial charge on any atom is -0.478 e. The van der Waals surface area contributed by atoms with Gasteiger partial charge in [-0.15, -0.1) is 0 Å². The average Bonchev–Trinajstić information content (AvgIpc) is 2.80. The van der Waals surface area contributed by atoms with Gasteiger partial charge in [-0.25, -0.2) is 4.79 Å². The number of carboxylic acid groups (broad SMARTS) is 1. The number of allylic oxidation sites excluding steroid dienone is 1. The fourth-order valence-corrected chi connectivity index (χ4v) is 3.28. The predicted molar refractivity (Wildman–Crippen MR) is 130 cm³/mol. The number of anilines is 2. The highest BCUT2D eigenvalue weighted by molar-refractivity contribution is 6.34. The number of carbonyl (C=O) groups is 2. The van der Waals surface area contributed by atoms with Gasteiger partial charge in [0.25, 0.3) is 5.91 Å². The van der Waals surface area contributed by atoms with Gasteiger partial charge in [-0.2, -0.15) is 13.2 Å². The zero-order valence-electron chi connectivity index (χ0n) is 17.6. The standard InChI is InChI=1S/C24H16Cl2F3N3O3/c25-17-10-9-15(11-16(17)23(34)35)31-22(33)14-7-5-13(6-8-14)20(12-21(30)24(27,28)29)32-19-4-2-1-3-18(19)26/h1-12,30,32H,(H,31,33)(H,34,35)/b20-12-,30-21?. The molecule has 0 fully saturated rings. The Morgan fingerprint density at radius 1 is 0.886 bits per heavy atom. The van der Waals surface area contributed by atoms with E-state index in [2.05, 4.69) is 10.6 Å². The van der Waals surface area contributed by atoms with Gasteiger partial charge in [-0.05, 0) is 54.1 Å². The van der Waals surface area contributed by atoms with Crippen molar-refractivity contribution in [2.75, 3.05) is 10.6 Å². The smallest absolute Gasteiger partial charge is 0.432 e. The zero-order chi connectivity index (χ0) is 25.8. The topological polar surface area (TPSA) is 102 Å². The molecule has 3 aromatic rings. The number of halogens is 5. The lowest BCUT2D eigenvalue weighted by molar-refractivity contribution is -0.0584. The molecule has 3 aromatic carbocycles. The van der Waals surface area contributed by atoms with E-state index < -0.39 is 23.8 Å². The van der Waals surface area contributed by atoms with Crippen molar-refractivity contribution in [3.8, 4) is 0 Å². The van der Waals surface area contributed by atoms with E-state index in [-0.39, 0.29) is 38.1 Å². The molecule has 35 heavy (non-hydrogen) atoms. The summed E-state index contributed by atoms with van der Waals surface area (Å²) in [6.45, 7) is 0. The van der Waals surface area contributed by atoms with Crippen LogP contribution in [0.4, 0.5) is 24.5 Å². The van der Waals surface area contributed by atoms with Gasteiger partial charge in [0.1, 0.15) is 5.71 Å². The van der Waals surface area contributed by atoms with Crippen LogP contribution in [0.1, 0.15) is 26.3 Å². The largest absolute Gasteiger partial charge is 0.478 e. The third-order valence-corrected chi connectivity index (χ3v) is 5.31. The number of alkyl halides is 3. The van der Waals surface area contributed by atoms with Crippen LogP contribution in [0.3, 0.4) is 0 Å². The first-order chi connectivity index (χ1) is 16.5. The van der Waals surface area contributed by atoms with Crippen LogP contribution in [0.5, 0.6) is 0 Å². The number of carbonyl (C=O) groups excluding carboxylic acids is 1. The summed E-state index contributed by atoms with van der Waals surface area (Å²) in [5, 5.41) is 22.1. The first-order valence-corrected chi connectivity index (χ1v) is 10.5. The van der Waals surface area contributed by atoms with E-state index >= 15 is 0 Å². The maximum absolute atomic E-state index is 13.0. The Balaban J connectivity index is 1.87. The van der Waals surface area contributed by atoms with Gasteiger partial charge in [-0.3, -0.25) is 10.2 Å². The van der Waals surface area contributed by atoms with Gasteiger partial charge in [-0.1, -0.05) is 47.5 Å². The van der Waals surface area contributed by atoms with Crippen LogP contribution in [-0.4, -0.2) is 28.9 Å². The molecule has 0 atom stereocenters. The molecule has 11 heteroatoms. The normalized spacial score (nSPS) is 11.6. The third-order valence-electron chi connectivity index (χ3n) is 4.65. The summed E-state index contributed by atoms with van der Waals surface area (Å²) < 4.78 is 39.0. The highest BCUT2D eigenvalue weighted by Crippen LogP contribution is 2.28. The number of para-hydroxylation sites is 1. The van der Waals surface area contributed by atoms with E-state index in [1.807, 2.05) is 0 Å². The van der Waals surface area contributed by atoms with E-state index in [9.17, 15) is 22.8 Å². The molecular formula is C24H16Cl2F3N3O3. The second kappa shape index (κ2) is 10.6. The summed E-state index contributed by atoms with van der Waals surface area (Å²) in [5.41, 5.74) is -0.886. The van der Waals surface area contributed by atoms with Gasteiger partial charge < -0.3 is 15.7 Å². The van der Waals surface area contributed by atoms with Crippen LogP contribution in [0.15, 0.2) is 72.8 Å². The number of benzene rings is 3. The van der Waals surface area contributed by atoms with Gasteiger partial charge in [0.15, 0.2) is 0 Å².